The maximum Gasteiger partial charge on any atom is 0.325 e. The number of ether oxygens (including phenoxy) is 1. The van der Waals surface area contributed by atoms with Gasteiger partial charge in [-0.2, -0.15) is 0 Å². The topological polar surface area (TPSA) is 119 Å². The monoisotopic (exact) mass is 372 g/mol. The fourth-order valence-electron chi connectivity index (χ4n) is 2.23. The third kappa shape index (κ3) is 6.14. The fraction of sp³-hybridized carbons (Fsp3) is 0.400. The summed E-state index contributed by atoms with van der Waals surface area (Å²) < 4.78 is 40.0. The largest absolute Gasteiger partial charge is 0.454 e. The first-order valence-corrected chi connectivity index (χ1v) is 9.26. The first-order chi connectivity index (χ1) is 11.7. The zero-order valence-corrected chi connectivity index (χ0v) is 14.0. The van der Waals surface area contributed by atoms with E-state index >= 15 is 0 Å². The predicted octanol–water partition coefficient (Wildman–Crippen LogP) is -0.598. The van der Waals surface area contributed by atoms with Crippen LogP contribution in [0.25, 0.3) is 0 Å². The number of amides is 2. The summed E-state index contributed by atoms with van der Waals surface area (Å²) in [5, 5.41) is 4.75. The van der Waals surface area contributed by atoms with Crippen molar-refractivity contribution in [2.45, 2.75) is 12.5 Å². The van der Waals surface area contributed by atoms with Gasteiger partial charge in [0.1, 0.15) is 12.4 Å². The van der Waals surface area contributed by atoms with Crippen molar-refractivity contribution in [3.8, 4) is 0 Å². The molecule has 1 saturated heterocycles. The normalized spacial score (nSPS) is 18.4. The number of rotatable bonds is 6. The van der Waals surface area contributed by atoms with E-state index in [1.807, 2.05) is 0 Å². The Morgan fingerprint density at radius 2 is 1.88 bits per heavy atom. The minimum Gasteiger partial charge on any atom is -0.454 e. The molecule has 0 saturated carbocycles. The van der Waals surface area contributed by atoms with Crippen LogP contribution in [-0.2, 0) is 24.2 Å². The molecule has 136 valence electrons. The molecule has 2 N–H and O–H groups in total. The summed E-state index contributed by atoms with van der Waals surface area (Å²) in [5.41, 5.74) is 0.175. The van der Waals surface area contributed by atoms with Crippen LogP contribution in [0.15, 0.2) is 24.3 Å². The Morgan fingerprint density at radius 3 is 2.48 bits per heavy atom. The van der Waals surface area contributed by atoms with Crippen molar-refractivity contribution in [3.63, 3.8) is 0 Å². The Bertz CT molecular complexity index is 763. The third-order valence-electron chi connectivity index (χ3n) is 3.46. The summed E-state index contributed by atoms with van der Waals surface area (Å²) in [4.78, 5) is 34.8. The van der Waals surface area contributed by atoms with Crippen LogP contribution in [-0.4, -0.2) is 56.9 Å². The maximum absolute atomic E-state index is 12.8. The van der Waals surface area contributed by atoms with Gasteiger partial charge in [0, 0.05) is 11.6 Å². The molecule has 0 unspecified atom stereocenters. The number of nitrogens with one attached hydrogen (secondary N) is 2. The third-order valence-corrected chi connectivity index (χ3v) is 5.23. The molecular weight excluding hydrogens is 355 g/mol. The van der Waals surface area contributed by atoms with Crippen LogP contribution in [0.3, 0.4) is 0 Å². The average molecular weight is 372 g/mol. The van der Waals surface area contributed by atoms with Crippen molar-refractivity contribution in [2.24, 2.45) is 0 Å². The average Bonchev–Trinajstić information content (AvgIpc) is 2.90. The van der Waals surface area contributed by atoms with Crippen LogP contribution < -0.4 is 10.6 Å². The number of carbonyl (C=O) groups is 3. The van der Waals surface area contributed by atoms with Crippen LogP contribution in [0, 0.1) is 5.82 Å². The van der Waals surface area contributed by atoms with Crippen LogP contribution in [0.2, 0.25) is 0 Å². The molecule has 1 atom stereocenters. The van der Waals surface area contributed by atoms with Gasteiger partial charge in [-0.15, -0.1) is 0 Å². The van der Waals surface area contributed by atoms with Gasteiger partial charge in [0.05, 0.1) is 11.5 Å². The highest BCUT2D eigenvalue weighted by Gasteiger charge is 2.29. The molecule has 2 amide bonds. The zero-order valence-electron chi connectivity index (χ0n) is 13.2. The molecule has 25 heavy (non-hydrogen) atoms. The van der Waals surface area contributed by atoms with E-state index < -0.39 is 52.6 Å². The molecule has 0 radical (unpaired) electrons. The molecule has 8 nitrogen and oxygen atoms in total. The number of halogens is 1. The quantitative estimate of drug-likeness (QED) is 0.644. The van der Waals surface area contributed by atoms with Crippen LogP contribution in [0.5, 0.6) is 0 Å². The second-order valence-corrected chi connectivity index (χ2v) is 7.75. The summed E-state index contributed by atoms with van der Waals surface area (Å²) in [7, 11) is -3.11. The molecule has 0 aliphatic carbocycles. The molecule has 2 rings (SSSR count). The van der Waals surface area contributed by atoms with Gasteiger partial charge in [-0.25, -0.2) is 12.8 Å². The van der Waals surface area contributed by atoms with Gasteiger partial charge in [0.15, 0.2) is 16.4 Å². The smallest absolute Gasteiger partial charge is 0.325 e. The van der Waals surface area contributed by atoms with E-state index in [0.29, 0.717) is 6.42 Å². The lowest BCUT2D eigenvalue weighted by atomic mass is 10.2. The number of hydrogen-bond donors (Lipinski definition) is 2. The van der Waals surface area contributed by atoms with E-state index in [9.17, 15) is 27.2 Å². The zero-order chi connectivity index (χ0) is 18.4. The molecule has 1 fully saturated rings. The second kappa shape index (κ2) is 8.06. The molecule has 1 aliphatic heterocycles. The lowest BCUT2D eigenvalue weighted by molar-refractivity contribution is -0.147. The number of benzene rings is 1. The highest BCUT2D eigenvalue weighted by atomic mass is 32.2. The summed E-state index contributed by atoms with van der Waals surface area (Å²) in [6.07, 6.45) is 0.329. The van der Waals surface area contributed by atoms with Gasteiger partial charge in [-0.3, -0.25) is 14.4 Å². The molecule has 1 aromatic rings. The highest BCUT2D eigenvalue weighted by Crippen LogP contribution is 2.10. The summed E-state index contributed by atoms with van der Waals surface area (Å²) >= 11 is 0. The number of sulfone groups is 1. The van der Waals surface area contributed by atoms with Crippen molar-refractivity contribution < 1.29 is 31.9 Å². The van der Waals surface area contributed by atoms with E-state index in [-0.39, 0.29) is 17.1 Å². The first kappa shape index (κ1) is 18.8. The van der Waals surface area contributed by atoms with Gasteiger partial charge >= 0.3 is 5.97 Å². The van der Waals surface area contributed by atoms with Gasteiger partial charge in [-0.1, -0.05) is 0 Å². The Balaban J connectivity index is 1.67. The van der Waals surface area contributed by atoms with Crippen molar-refractivity contribution in [3.05, 3.63) is 35.6 Å². The first-order valence-electron chi connectivity index (χ1n) is 7.44. The van der Waals surface area contributed by atoms with Crippen molar-refractivity contribution in [1.29, 1.82) is 0 Å². The second-order valence-electron chi connectivity index (χ2n) is 5.52. The molecule has 0 bridgehead atoms. The standard InChI is InChI=1S/C15H17FN2O6S/c16-11-3-1-10(2-4-11)15(21)17-7-14(20)24-8-13(19)18-12-5-6-25(22,23)9-12/h1-4,12H,5-9H2,(H,17,21)(H,18,19)/t12-/m1/s1. The number of hydrogen-bond acceptors (Lipinski definition) is 6. The van der Waals surface area contributed by atoms with E-state index in [1.54, 1.807) is 0 Å². The van der Waals surface area contributed by atoms with E-state index in [0.717, 1.165) is 12.1 Å². The lowest BCUT2D eigenvalue weighted by Gasteiger charge is -2.11. The van der Waals surface area contributed by atoms with E-state index in [4.69, 9.17) is 4.74 Å². The van der Waals surface area contributed by atoms with Crippen molar-refractivity contribution in [2.75, 3.05) is 24.7 Å². The Kier molecular flexibility index (Phi) is 6.07. The van der Waals surface area contributed by atoms with Crippen LogP contribution >= 0.6 is 0 Å². The predicted molar refractivity (Wildman–Crippen MR) is 84.9 cm³/mol. The SMILES string of the molecule is O=C(COC(=O)CNC(=O)c1ccc(F)cc1)N[C@@H]1CCS(=O)(=O)C1. The summed E-state index contributed by atoms with van der Waals surface area (Å²) in [5.74, 6) is -2.62. The van der Waals surface area contributed by atoms with Crippen LogP contribution in [0.1, 0.15) is 16.8 Å². The molecule has 1 aliphatic rings. The molecule has 1 heterocycles. The molecule has 10 heteroatoms. The molecule has 0 spiro atoms. The van der Waals surface area contributed by atoms with Crippen LogP contribution in [0.4, 0.5) is 4.39 Å². The van der Waals surface area contributed by atoms with Gasteiger partial charge < -0.3 is 15.4 Å². The fourth-order valence-corrected chi connectivity index (χ4v) is 3.90. The minimum atomic E-state index is -3.11. The number of esters is 1. The molecular formula is C15H17FN2O6S. The Labute approximate surface area is 143 Å². The highest BCUT2D eigenvalue weighted by molar-refractivity contribution is 7.91. The van der Waals surface area contributed by atoms with Gasteiger partial charge in [-0.05, 0) is 30.7 Å². The lowest BCUT2D eigenvalue weighted by Crippen LogP contribution is -2.39. The van der Waals surface area contributed by atoms with Gasteiger partial charge in [0.2, 0.25) is 0 Å². The Hall–Kier alpha value is -2.49. The number of carbonyl (C=O) groups excluding carboxylic acids is 3. The molecule has 0 aromatic heterocycles. The van der Waals surface area contributed by atoms with Gasteiger partial charge in [0.25, 0.3) is 11.8 Å². The maximum atomic E-state index is 12.8. The Morgan fingerprint density at radius 1 is 1.20 bits per heavy atom. The van der Waals surface area contributed by atoms with Crippen molar-refractivity contribution in [1.82, 2.24) is 10.6 Å². The summed E-state index contributed by atoms with van der Waals surface area (Å²) in [6, 6.07) is 4.27. The minimum absolute atomic E-state index is 0.0210. The van der Waals surface area contributed by atoms with Crippen molar-refractivity contribution >= 4 is 27.6 Å². The van der Waals surface area contributed by atoms with E-state index in [1.165, 1.54) is 12.1 Å². The molecule has 1 aromatic carbocycles. The van der Waals surface area contributed by atoms with E-state index in [2.05, 4.69) is 10.6 Å². The summed E-state index contributed by atoms with van der Waals surface area (Å²) in [6.45, 7) is -1.02.